The minimum atomic E-state index is -0.309. The molecule has 0 heterocycles. The van der Waals surface area contributed by atoms with Gasteiger partial charge in [0.25, 0.3) is 0 Å². The van der Waals surface area contributed by atoms with Crippen LogP contribution in [0.1, 0.15) is 32.1 Å². The van der Waals surface area contributed by atoms with Crippen LogP contribution in [0.3, 0.4) is 0 Å². The second-order valence-electron chi connectivity index (χ2n) is 6.50. The predicted octanol–water partition coefficient (Wildman–Crippen LogP) is 6.17. The predicted molar refractivity (Wildman–Crippen MR) is 96.6 cm³/mol. The number of nitrogens with zero attached hydrogens (tertiary/aromatic N) is 1. The molecule has 3 rings (SSSR count). The van der Waals surface area contributed by atoms with Crippen LogP contribution in [0.15, 0.2) is 61.0 Å². The van der Waals surface area contributed by atoms with E-state index in [1.807, 2.05) is 0 Å². The third-order valence-corrected chi connectivity index (χ3v) is 4.63. The zero-order valence-corrected chi connectivity index (χ0v) is 14.3. The minimum Gasteiger partial charge on any atom is -0.479 e. The standard InChI is InChI=1S/C21H23F2NO/c1-16(25-15-17-5-3-2-4-6-17)24(20-11-7-18(22)8-12-20)21-13-9-19(23)10-14-21/h7-14,17H,1-6,15H2. The Labute approximate surface area is 147 Å². The maximum absolute atomic E-state index is 13.3. The maximum atomic E-state index is 13.3. The van der Waals surface area contributed by atoms with Crippen LogP contribution in [-0.2, 0) is 4.74 Å². The lowest BCUT2D eigenvalue weighted by Crippen LogP contribution is -2.21. The summed E-state index contributed by atoms with van der Waals surface area (Å²) in [6.45, 7) is 4.68. The van der Waals surface area contributed by atoms with E-state index in [4.69, 9.17) is 4.74 Å². The molecule has 0 aliphatic heterocycles. The zero-order valence-electron chi connectivity index (χ0n) is 14.3. The summed E-state index contributed by atoms with van der Waals surface area (Å²) < 4.78 is 32.5. The quantitative estimate of drug-likeness (QED) is 0.581. The molecule has 0 spiro atoms. The molecular formula is C21H23F2NO. The smallest absolute Gasteiger partial charge is 0.191 e. The van der Waals surface area contributed by atoms with E-state index in [2.05, 4.69) is 6.58 Å². The Morgan fingerprint density at radius 2 is 1.36 bits per heavy atom. The van der Waals surface area contributed by atoms with Crippen LogP contribution in [0.4, 0.5) is 20.2 Å². The fraction of sp³-hybridized carbons (Fsp3) is 0.333. The van der Waals surface area contributed by atoms with E-state index < -0.39 is 0 Å². The molecule has 0 bridgehead atoms. The lowest BCUT2D eigenvalue weighted by molar-refractivity contribution is 0.141. The number of ether oxygens (including phenoxy) is 1. The van der Waals surface area contributed by atoms with Gasteiger partial charge in [-0.3, -0.25) is 4.90 Å². The number of benzene rings is 2. The largest absolute Gasteiger partial charge is 0.479 e. The first-order valence-corrected chi connectivity index (χ1v) is 8.76. The monoisotopic (exact) mass is 343 g/mol. The summed E-state index contributed by atoms with van der Waals surface area (Å²) in [6, 6.07) is 12.2. The number of rotatable bonds is 6. The van der Waals surface area contributed by atoms with Gasteiger partial charge in [-0.25, -0.2) is 8.78 Å². The number of hydrogen-bond donors (Lipinski definition) is 0. The van der Waals surface area contributed by atoms with Gasteiger partial charge in [0.05, 0.1) is 6.61 Å². The van der Waals surface area contributed by atoms with Gasteiger partial charge >= 0.3 is 0 Å². The SMILES string of the molecule is C=C(OCC1CCCCC1)N(c1ccc(F)cc1)c1ccc(F)cc1. The molecule has 2 aromatic rings. The highest BCUT2D eigenvalue weighted by atomic mass is 19.1. The summed E-state index contributed by atoms with van der Waals surface area (Å²) in [5.74, 6) is 0.394. The van der Waals surface area contributed by atoms with Crippen molar-refractivity contribution < 1.29 is 13.5 Å². The first kappa shape index (κ1) is 17.5. The van der Waals surface area contributed by atoms with Crippen molar-refractivity contribution in [3.05, 3.63) is 72.6 Å². The molecule has 0 N–H and O–H groups in total. The summed E-state index contributed by atoms with van der Waals surface area (Å²) >= 11 is 0. The Morgan fingerprint density at radius 3 is 1.84 bits per heavy atom. The van der Waals surface area contributed by atoms with Crippen molar-refractivity contribution in [1.29, 1.82) is 0 Å². The topological polar surface area (TPSA) is 12.5 Å². The maximum Gasteiger partial charge on any atom is 0.191 e. The third-order valence-electron chi connectivity index (χ3n) is 4.63. The van der Waals surface area contributed by atoms with Gasteiger partial charge in [-0.15, -0.1) is 0 Å². The van der Waals surface area contributed by atoms with Crippen LogP contribution in [-0.4, -0.2) is 6.61 Å². The second-order valence-corrected chi connectivity index (χ2v) is 6.50. The van der Waals surface area contributed by atoms with Crippen molar-refractivity contribution in [3.8, 4) is 0 Å². The van der Waals surface area contributed by atoms with Gasteiger partial charge < -0.3 is 4.74 Å². The van der Waals surface area contributed by atoms with Crippen LogP contribution in [0.25, 0.3) is 0 Å². The van der Waals surface area contributed by atoms with Crippen molar-refractivity contribution in [2.75, 3.05) is 11.5 Å². The molecule has 1 aliphatic rings. The highest BCUT2D eigenvalue weighted by Crippen LogP contribution is 2.31. The average Bonchev–Trinajstić information content (AvgIpc) is 2.64. The molecule has 2 aromatic carbocycles. The summed E-state index contributed by atoms with van der Waals surface area (Å²) in [5, 5.41) is 0. The average molecular weight is 343 g/mol. The Hall–Kier alpha value is -2.36. The molecule has 0 atom stereocenters. The van der Waals surface area contributed by atoms with E-state index in [0.29, 0.717) is 18.4 Å². The fourth-order valence-corrected chi connectivity index (χ4v) is 3.25. The Bertz CT molecular complexity index is 645. The molecule has 25 heavy (non-hydrogen) atoms. The molecule has 4 heteroatoms. The second kappa shape index (κ2) is 8.15. The molecule has 1 fully saturated rings. The van der Waals surface area contributed by atoms with E-state index in [1.54, 1.807) is 29.2 Å². The van der Waals surface area contributed by atoms with Gasteiger partial charge in [0.2, 0.25) is 0 Å². The number of halogens is 2. The minimum absolute atomic E-state index is 0.309. The van der Waals surface area contributed by atoms with Gasteiger partial charge in [0.1, 0.15) is 11.6 Å². The lowest BCUT2D eigenvalue weighted by atomic mass is 9.90. The fourth-order valence-electron chi connectivity index (χ4n) is 3.25. The van der Waals surface area contributed by atoms with Crippen LogP contribution in [0.5, 0.6) is 0 Å². The van der Waals surface area contributed by atoms with Crippen molar-refractivity contribution in [2.45, 2.75) is 32.1 Å². The first-order chi connectivity index (χ1) is 12.1. The van der Waals surface area contributed by atoms with Gasteiger partial charge in [-0.2, -0.15) is 0 Å². The lowest BCUT2D eigenvalue weighted by Gasteiger charge is -2.29. The number of anilines is 2. The molecule has 0 radical (unpaired) electrons. The van der Waals surface area contributed by atoms with Crippen LogP contribution in [0, 0.1) is 17.6 Å². The molecule has 0 amide bonds. The highest BCUT2D eigenvalue weighted by Gasteiger charge is 2.18. The Balaban J connectivity index is 1.78. The van der Waals surface area contributed by atoms with Crippen molar-refractivity contribution in [2.24, 2.45) is 5.92 Å². The van der Waals surface area contributed by atoms with E-state index in [-0.39, 0.29) is 11.6 Å². The van der Waals surface area contributed by atoms with Gasteiger partial charge in [-0.05, 0) is 73.9 Å². The number of hydrogen-bond acceptors (Lipinski definition) is 2. The van der Waals surface area contributed by atoms with Crippen LogP contribution >= 0.6 is 0 Å². The summed E-state index contributed by atoms with van der Waals surface area (Å²) in [7, 11) is 0. The Morgan fingerprint density at radius 1 is 0.880 bits per heavy atom. The molecule has 1 aliphatic carbocycles. The summed E-state index contributed by atoms with van der Waals surface area (Å²) in [4.78, 5) is 1.78. The molecule has 0 aromatic heterocycles. The van der Waals surface area contributed by atoms with Gasteiger partial charge in [0.15, 0.2) is 5.88 Å². The normalized spacial score (nSPS) is 15.0. The highest BCUT2D eigenvalue weighted by molar-refractivity contribution is 5.66. The van der Waals surface area contributed by atoms with Crippen molar-refractivity contribution >= 4 is 11.4 Å². The molecule has 0 unspecified atom stereocenters. The first-order valence-electron chi connectivity index (χ1n) is 8.76. The molecule has 1 saturated carbocycles. The Kier molecular flexibility index (Phi) is 5.69. The van der Waals surface area contributed by atoms with Crippen LogP contribution in [0.2, 0.25) is 0 Å². The third kappa shape index (κ3) is 4.59. The van der Waals surface area contributed by atoms with Gasteiger partial charge in [0, 0.05) is 11.4 Å². The van der Waals surface area contributed by atoms with E-state index >= 15 is 0 Å². The molecule has 2 nitrogen and oxygen atoms in total. The van der Waals surface area contributed by atoms with E-state index in [9.17, 15) is 8.78 Å². The molecular weight excluding hydrogens is 320 g/mol. The van der Waals surface area contributed by atoms with Crippen molar-refractivity contribution in [3.63, 3.8) is 0 Å². The van der Waals surface area contributed by atoms with E-state index in [1.165, 1.54) is 56.4 Å². The van der Waals surface area contributed by atoms with Crippen molar-refractivity contribution in [1.82, 2.24) is 0 Å². The summed E-state index contributed by atoms with van der Waals surface area (Å²) in [5.41, 5.74) is 1.45. The van der Waals surface area contributed by atoms with E-state index in [0.717, 1.165) is 11.4 Å². The summed E-state index contributed by atoms with van der Waals surface area (Å²) in [6.07, 6.45) is 6.16. The zero-order chi connectivity index (χ0) is 17.6. The van der Waals surface area contributed by atoms with Crippen LogP contribution < -0.4 is 4.90 Å². The van der Waals surface area contributed by atoms with Gasteiger partial charge in [-0.1, -0.05) is 19.3 Å². The molecule has 132 valence electrons. The molecule has 0 saturated heterocycles.